The number of nitrogens with two attached hydrogens (primary N) is 1. The van der Waals surface area contributed by atoms with Gasteiger partial charge in [0.15, 0.2) is 0 Å². The number of hydrogen-bond donors (Lipinski definition) is 2. The average molecular weight is 218 g/mol. The smallest absolute Gasteiger partial charge is 0.548 e. The Morgan fingerprint density at radius 1 is 1.83 bits per heavy atom. The van der Waals surface area contributed by atoms with Gasteiger partial charge < -0.3 is 20.6 Å². The Bertz CT molecular complexity index is 237. The minimum absolute atomic E-state index is 0. The second-order valence-electron chi connectivity index (χ2n) is 2.21. The summed E-state index contributed by atoms with van der Waals surface area (Å²) in [5.74, 6) is -1.25. The molecule has 1 aromatic rings. The second kappa shape index (κ2) is 4.92. The van der Waals surface area contributed by atoms with Crippen LogP contribution in [0.1, 0.15) is 5.69 Å². The van der Waals surface area contributed by atoms with E-state index in [1.807, 2.05) is 0 Å². The number of aliphatic carboxylic acids is 1. The minimum atomic E-state index is -1.25. The zero-order valence-corrected chi connectivity index (χ0v) is 7.02. The summed E-state index contributed by atoms with van der Waals surface area (Å²) in [6, 6.07) is -0.963. The van der Waals surface area contributed by atoms with Crippen LogP contribution in [0.15, 0.2) is 12.5 Å². The molecule has 0 radical (unpaired) electrons. The van der Waals surface area contributed by atoms with Crippen LogP contribution in [0, 0.1) is 0 Å². The van der Waals surface area contributed by atoms with Crippen LogP contribution < -0.4 is 10.8 Å². The van der Waals surface area contributed by atoms with E-state index < -0.39 is 12.0 Å². The van der Waals surface area contributed by atoms with Gasteiger partial charge in [-0.25, -0.2) is 4.98 Å². The summed E-state index contributed by atoms with van der Waals surface area (Å²) in [5.41, 5.74) is 5.89. The summed E-state index contributed by atoms with van der Waals surface area (Å²) < 4.78 is 0. The molecule has 1 atom stereocenters. The van der Waals surface area contributed by atoms with Gasteiger partial charge >= 0.3 is 17.1 Å². The Hall–Kier alpha value is -0.841. The number of H-pyrrole nitrogens is 1. The summed E-state index contributed by atoms with van der Waals surface area (Å²) in [6.07, 6.45) is 3.22. The summed E-state index contributed by atoms with van der Waals surface area (Å²) in [5, 5.41) is 10.2. The number of hydrogen-bond acceptors (Lipinski definition) is 4. The zero-order chi connectivity index (χ0) is 8.27. The third-order valence-electron chi connectivity index (χ3n) is 1.30. The van der Waals surface area contributed by atoms with Gasteiger partial charge in [-0.05, 0) is 0 Å². The number of carbonyl (C=O) groups excluding carboxylic acids is 1. The molecule has 0 amide bonds. The Labute approximate surface area is 79.8 Å². The van der Waals surface area contributed by atoms with Crippen LogP contribution in [0.5, 0.6) is 0 Å². The fourth-order valence-corrected chi connectivity index (χ4v) is 0.717. The van der Waals surface area contributed by atoms with Gasteiger partial charge in [-0.15, -0.1) is 0 Å². The van der Waals surface area contributed by atoms with Crippen LogP contribution in [-0.4, -0.2) is 22.0 Å². The van der Waals surface area contributed by atoms with E-state index in [9.17, 15) is 9.90 Å². The number of carboxylic acid groups (broad SMARTS) is 1. The molecule has 70 valence electrons. The molecule has 0 bridgehead atoms. The Kier molecular flexibility index (Phi) is 4.58. The Morgan fingerprint density at radius 3 is 2.92 bits per heavy atom. The molecule has 1 aromatic heterocycles. The summed E-state index contributed by atoms with van der Waals surface area (Å²) in [6.45, 7) is 0. The summed E-state index contributed by atoms with van der Waals surface area (Å²) >= 11 is 0. The van der Waals surface area contributed by atoms with Gasteiger partial charge in [0.25, 0.3) is 0 Å². The van der Waals surface area contributed by atoms with Crippen molar-refractivity contribution in [2.75, 3.05) is 0 Å². The van der Waals surface area contributed by atoms with Gasteiger partial charge in [0.2, 0.25) is 0 Å². The predicted octanol–water partition coefficient (Wildman–Crippen LogP) is -1.97. The van der Waals surface area contributed by atoms with E-state index in [0.717, 1.165) is 0 Å². The van der Waals surface area contributed by atoms with Gasteiger partial charge in [-0.1, -0.05) is 0 Å². The second-order valence-corrected chi connectivity index (χ2v) is 2.21. The number of aromatic nitrogens is 2. The van der Waals surface area contributed by atoms with Gasteiger partial charge in [-0.3, -0.25) is 0 Å². The van der Waals surface area contributed by atoms with Crippen molar-refractivity contribution < 1.29 is 27.0 Å². The van der Waals surface area contributed by atoms with Crippen molar-refractivity contribution in [3.63, 3.8) is 0 Å². The topological polar surface area (TPSA) is 94.8 Å². The number of carbonyl (C=O) groups is 1. The number of rotatable bonds is 3. The molecule has 3 N–H and O–H groups in total. The van der Waals surface area contributed by atoms with Crippen LogP contribution in [-0.2, 0) is 28.3 Å². The average Bonchev–Trinajstić information content (AvgIpc) is 2.39. The SMILES string of the molecule is NC(Cc1cnc[nH]1)C(=O)[O-].[Cu+]. The number of nitrogens with zero attached hydrogens (tertiary/aromatic N) is 1. The van der Waals surface area contributed by atoms with E-state index in [2.05, 4.69) is 9.97 Å². The van der Waals surface area contributed by atoms with E-state index in [1.165, 1.54) is 12.5 Å². The standard InChI is InChI=1S/C6H9N3O2.Cu/c7-5(6(10)11)1-4-2-8-3-9-4;/h2-3,5H,1,7H2,(H,8,9)(H,10,11);/q;+1/p-1. The molecule has 1 heterocycles. The Balaban J connectivity index is 0.00000121. The third-order valence-corrected chi connectivity index (χ3v) is 1.30. The number of aromatic amines is 1. The maximum atomic E-state index is 10.2. The van der Waals surface area contributed by atoms with Crippen molar-refractivity contribution in [3.05, 3.63) is 18.2 Å². The van der Waals surface area contributed by atoms with Gasteiger partial charge in [0, 0.05) is 24.4 Å². The third kappa shape index (κ3) is 3.04. The van der Waals surface area contributed by atoms with Gasteiger partial charge in [-0.2, -0.15) is 0 Å². The zero-order valence-electron chi connectivity index (χ0n) is 6.08. The van der Waals surface area contributed by atoms with Crippen molar-refractivity contribution in [2.45, 2.75) is 12.5 Å². The van der Waals surface area contributed by atoms with Crippen LogP contribution in [0.25, 0.3) is 0 Å². The summed E-state index contributed by atoms with van der Waals surface area (Å²) in [7, 11) is 0. The quantitative estimate of drug-likeness (QED) is 0.574. The van der Waals surface area contributed by atoms with E-state index >= 15 is 0 Å². The van der Waals surface area contributed by atoms with Crippen LogP contribution in [0.4, 0.5) is 0 Å². The van der Waals surface area contributed by atoms with E-state index in [4.69, 9.17) is 5.73 Å². The van der Waals surface area contributed by atoms with E-state index in [-0.39, 0.29) is 23.5 Å². The molecule has 0 aliphatic carbocycles. The maximum absolute atomic E-state index is 10.2. The molecule has 0 saturated heterocycles. The monoisotopic (exact) mass is 217 g/mol. The van der Waals surface area contributed by atoms with Crippen molar-refractivity contribution in [3.8, 4) is 0 Å². The number of nitrogens with one attached hydrogen (secondary N) is 1. The molecule has 1 unspecified atom stereocenters. The molecular formula is C6H8CuN3O2. The van der Waals surface area contributed by atoms with Crippen molar-refractivity contribution >= 4 is 5.97 Å². The molecule has 6 heteroatoms. The first kappa shape index (κ1) is 11.2. The van der Waals surface area contributed by atoms with Gasteiger partial charge in [0.1, 0.15) is 0 Å². The largest absolute Gasteiger partial charge is 1.00 e. The van der Waals surface area contributed by atoms with E-state index in [1.54, 1.807) is 0 Å². The maximum Gasteiger partial charge on any atom is 1.00 e. The molecule has 0 aliphatic heterocycles. The normalized spacial score (nSPS) is 11.8. The minimum Gasteiger partial charge on any atom is -0.548 e. The van der Waals surface area contributed by atoms with Gasteiger partial charge in [0.05, 0.1) is 12.3 Å². The molecule has 5 nitrogen and oxygen atoms in total. The molecule has 0 fully saturated rings. The number of carboxylic acids is 1. The molecule has 1 rings (SSSR count). The van der Waals surface area contributed by atoms with Crippen molar-refractivity contribution in [2.24, 2.45) is 5.73 Å². The van der Waals surface area contributed by atoms with Crippen molar-refractivity contribution in [1.82, 2.24) is 9.97 Å². The number of imidazole rings is 1. The fraction of sp³-hybridized carbons (Fsp3) is 0.333. The first-order valence-electron chi connectivity index (χ1n) is 3.14. The molecule has 0 saturated carbocycles. The molecule has 0 spiro atoms. The first-order valence-corrected chi connectivity index (χ1v) is 3.14. The van der Waals surface area contributed by atoms with Crippen LogP contribution >= 0.6 is 0 Å². The Morgan fingerprint density at radius 2 is 2.50 bits per heavy atom. The fourth-order valence-electron chi connectivity index (χ4n) is 0.717. The van der Waals surface area contributed by atoms with Crippen LogP contribution in [0.2, 0.25) is 0 Å². The first-order chi connectivity index (χ1) is 5.20. The van der Waals surface area contributed by atoms with E-state index in [0.29, 0.717) is 5.69 Å². The van der Waals surface area contributed by atoms with Crippen molar-refractivity contribution in [1.29, 1.82) is 0 Å². The molecular weight excluding hydrogens is 210 g/mol. The van der Waals surface area contributed by atoms with Crippen LogP contribution in [0.3, 0.4) is 0 Å². The predicted molar refractivity (Wildman–Crippen MR) is 35.3 cm³/mol. The molecule has 0 aliphatic rings. The molecule has 12 heavy (non-hydrogen) atoms. The molecule has 0 aromatic carbocycles. The summed E-state index contributed by atoms with van der Waals surface area (Å²) in [4.78, 5) is 16.6.